The van der Waals surface area contributed by atoms with Gasteiger partial charge in [0.05, 0.1) is 13.3 Å². The summed E-state index contributed by atoms with van der Waals surface area (Å²) in [4.78, 5) is 4.19. The first-order chi connectivity index (χ1) is 6.79. The van der Waals surface area contributed by atoms with Crippen LogP contribution in [-0.4, -0.2) is 12.1 Å². The standard InChI is InChI=1S/C10H8ClNOS/c1-13-8-4-2-3-7(5-8)10-12-6-9(11)14-10/h2-6H,1H3. The second-order valence-electron chi connectivity index (χ2n) is 2.70. The van der Waals surface area contributed by atoms with Crippen LogP contribution in [0, 0.1) is 0 Å². The lowest BCUT2D eigenvalue weighted by molar-refractivity contribution is 0.415. The third kappa shape index (κ3) is 1.89. The minimum atomic E-state index is 0.697. The Hall–Kier alpha value is -1.06. The molecule has 0 unspecified atom stereocenters. The summed E-state index contributed by atoms with van der Waals surface area (Å²) >= 11 is 7.27. The van der Waals surface area contributed by atoms with Crippen molar-refractivity contribution in [1.82, 2.24) is 4.98 Å². The van der Waals surface area contributed by atoms with Gasteiger partial charge in [0.2, 0.25) is 0 Å². The van der Waals surface area contributed by atoms with E-state index >= 15 is 0 Å². The van der Waals surface area contributed by atoms with Crippen LogP contribution in [-0.2, 0) is 0 Å². The number of rotatable bonds is 2. The molecule has 14 heavy (non-hydrogen) atoms. The number of hydrogen-bond acceptors (Lipinski definition) is 3. The van der Waals surface area contributed by atoms with E-state index in [1.54, 1.807) is 13.3 Å². The highest BCUT2D eigenvalue weighted by atomic mass is 35.5. The van der Waals surface area contributed by atoms with Crippen molar-refractivity contribution in [3.8, 4) is 16.3 Å². The zero-order chi connectivity index (χ0) is 9.97. The SMILES string of the molecule is COc1cccc(-c2ncc(Cl)s2)c1. The maximum atomic E-state index is 5.81. The Morgan fingerprint density at radius 3 is 2.93 bits per heavy atom. The fraction of sp³-hybridized carbons (Fsp3) is 0.100. The van der Waals surface area contributed by atoms with Crippen molar-refractivity contribution in [3.63, 3.8) is 0 Å². The highest BCUT2D eigenvalue weighted by molar-refractivity contribution is 7.18. The number of hydrogen-bond donors (Lipinski definition) is 0. The van der Waals surface area contributed by atoms with Crippen LogP contribution in [0.4, 0.5) is 0 Å². The molecule has 2 nitrogen and oxygen atoms in total. The first kappa shape index (κ1) is 9.49. The average Bonchev–Trinajstić information content (AvgIpc) is 2.65. The number of methoxy groups -OCH3 is 1. The summed E-state index contributed by atoms with van der Waals surface area (Å²) in [5, 5.41) is 0.911. The number of ether oxygens (including phenoxy) is 1. The lowest BCUT2D eigenvalue weighted by Gasteiger charge is -2.00. The van der Waals surface area contributed by atoms with E-state index in [1.165, 1.54) is 11.3 Å². The second kappa shape index (κ2) is 3.98. The molecule has 72 valence electrons. The normalized spacial score (nSPS) is 10.1. The van der Waals surface area contributed by atoms with Gasteiger partial charge in [-0.1, -0.05) is 23.7 Å². The van der Waals surface area contributed by atoms with Gasteiger partial charge < -0.3 is 4.74 Å². The van der Waals surface area contributed by atoms with Crippen molar-refractivity contribution in [3.05, 3.63) is 34.8 Å². The van der Waals surface area contributed by atoms with E-state index in [4.69, 9.17) is 16.3 Å². The Morgan fingerprint density at radius 1 is 1.43 bits per heavy atom. The van der Waals surface area contributed by atoms with Gasteiger partial charge in [0.1, 0.15) is 15.1 Å². The third-order valence-electron chi connectivity index (χ3n) is 1.79. The van der Waals surface area contributed by atoms with Crippen LogP contribution in [0.3, 0.4) is 0 Å². The fourth-order valence-corrected chi connectivity index (χ4v) is 2.05. The molecule has 2 aromatic rings. The third-order valence-corrected chi connectivity index (χ3v) is 2.96. The van der Waals surface area contributed by atoms with Gasteiger partial charge in [-0.05, 0) is 12.1 Å². The Kier molecular flexibility index (Phi) is 2.70. The van der Waals surface area contributed by atoms with Crippen LogP contribution in [0.25, 0.3) is 10.6 Å². The van der Waals surface area contributed by atoms with Gasteiger partial charge in [-0.2, -0.15) is 0 Å². The summed E-state index contributed by atoms with van der Waals surface area (Å²) in [6.45, 7) is 0. The zero-order valence-electron chi connectivity index (χ0n) is 7.53. The molecule has 0 N–H and O–H groups in total. The molecular weight excluding hydrogens is 218 g/mol. The minimum absolute atomic E-state index is 0.697. The lowest BCUT2D eigenvalue weighted by atomic mass is 10.2. The quantitative estimate of drug-likeness (QED) is 0.781. The topological polar surface area (TPSA) is 22.1 Å². The summed E-state index contributed by atoms with van der Waals surface area (Å²) < 4.78 is 5.82. The molecule has 0 aliphatic rings. The fourth-order valence-electron chi connectivity index (χ4n) is 1.14. The van der Waals surface area contributed by atoms with Gasteiger partial charge in [-0.3, -0.25) is 0 Å². The maximum absolute atomic E-state index is 5.81. The number of aromatic nitrogens is 1. The van der Waals surface area contributed by atoms with Crippen LogP contribution < -0.4 is 4.74 Å². The van der Waals surface area contributed by atoms with Gasteiger partial charge >= 0.3 is 0 Å². The van der Waals surface area contributed by atoms with Crippen LogP contribution in [0.15, 0.2) is 30.5 Å². The monoisotopic (exact) mass is 225 g/mol. The summed E-state index contributed by atoms with van der Waals surface area (Å²) in [5.41, 5.74) is 1.03. The molecule has 1 aromatic carbocycles. The van der Waals surface area contributed by atoms with Gasteiger partial charge in [-0.15, -0.1) is 11.3 Å². The number of nitrogens with zero attached hydrogens (tertiary/aromatic N) is 1. The van der Waals surface area contributed by atoms with Gasteiger partial charge in [0.15, 0.2) is 0 Å². The predicted molar refractivity (Wildman–Crippen MR) is 59.1 cm³/mol. The average molecular weight is 226 g/mol. The van der Waals surface area contributed by atoms with Crippen molar-refractivity contribution in [2.45, 2.75) is 0 Å². The molecular formula is C10H8ClNOS. The van der Waals surface area contributed by atoms with Gasteiger partial charge in [0, 0.05) is 5.56 Å². The van der Waals surface area contributed by atoms with E-state index < -0.39 is 0 Å². The van der Waals surface area contributed by atoms with E-state index in [0.717, 1.165) is 16.3 Å². The van der Waals surface area contributed by atoms with Crippen LogP contribution >= 0.6 is 22.9 Å². The van der Waals surface area contributed by atoms with Crippen molar-refractivity contribution in [1.29, 1.82) is 0 Å². The largest absolute Gasteiger partial charge is 0.497 e. The number of halogens is 1. The molecule has 0 spiro atoms. The molecule has 0 saturated heterocycles. The number of thiazole rings is 1. The Balaban J connectivity index is 2.41. The van der Waals surface area contributed by atoms with Crippen molar-refractivity contribution in [2.24, 2.45) is 0 Å². The molecule has 4 heteroatoms. The summed E-state index contributed by atoms with van der Waals surface area (Å²) in [6, 6.07) is 7.76. The smallest absolute Gasteiger partial charge is 0.124 e. The van der Waals surface area contributed by atoms with E-state index in [9.17, 15) is 0 Å². The molecule has 2 rings (SSSR count). The van der Waals surface area contributed by atoms with Crippen LogP contribution in [0.1, 0.15) is 0 Å². The molecule has 0 fully saturated rings. The Labute approximate surface area is 91.1 Å². The van der Waals surface area contributed by atoms with Crippen LogP contribution in [0.2, 0.25) is 4.34 Å². The molecule has 1 heterocycles. The zero-order valence-corrected chi connectivity index (χ0v) is 9.10. The molecule has 0 aliphatic heterocycles. The molecule has 0 amide bonds. The molecule has 0 bridgehead atoms. The second-order valence-corrected chi connectivity index (χ2v) is 4.36. The Morgan fingerprint density at radius 2 is 2.29 bits per heavy atom. The first-order valence-corrected chi connectivity index (χ1v) is 5.25. The van der Waals surface area contributed by atoms with E-state index in [-0.39, 0.29) is 0 Å². The minimum Gasteiger partial charge on any atom is -0.497 e. The van der Waals surface area contributed by atoms with Crippen LogP contribution in [0.5, 0.6) is 5.75 Å². The molecule has 0 radical (unpaired) electrons. The van der Waals surface area contributed by atoms with E-state index in [0.29, 0.717) is 4.34 Å². The van der Waals surface area contributed by atoms with Crippen molar-refractivity contribution < 1.29 is 4.74 Å². The van der Waals surface area contributed by atoms with E-state index in [1.807, 2.05) is 24.3 Å². The van der Waals surface area contributed by atoms with Crippen molar-refractivity contribution in [2.75, 3.05) is 7.11 Å². The van der Waals surface area contributed by atoms with Crippen molar-refractivity contribution >= 4 is 22.9 Å². The lowest BCUT2D eigenvalue weighted by Crippen LogP contribution is -1.82. The highest BCUT2D eigenvalue weighted by Gasteiger charge is 2.03. The summed E-state index contributed by atoms with van der Waals surface area (Å²) in [6.07, 6.45) is 1.65. The van der Waals surface area contributed by atoms with E-state index in [2.05, 4.69) is 4.98 Å². The predicted octanol–water partition coefficient (Wildman–Crippen LogP) is 3.47. The maximum Gasteiger partial charge on any atom is 0.124 e. The molecule has 0 aliphatic carbocycles. The first-order valence-electron chi connectivity index (χ1n) is 4.05. The Bertz CT molecular complexity index is 441. The summed E-state index contributed by atoms with van der Waals surface area (Å²) in [7, 11) is 1.65. The van der Waals surface area contributed by atoms with Gasteiger partial charge in [0.25, 0.3) is 0 Å². The molecule has 1 aromatic heterocycles. The highest BCUT2D eigenvalue weighted by Crippen LogP contribution is 2.29. The molecule has 0 atom stereocenters. The number of benzene rings is 1. The summed E-state index contributed by atoms with van der Waals surface area (Å²) in [5.74, 6) is 0.828. The van der Waals surface area contributed by atoms with Gasteiger partial charge in [-0.25, -0.2) is 4.98 Å². The molecule has 0 saturated carbocycles.